The third-order valence-corrected chi connectivity index (χ3v) is 3.97. The van der Waals surface area contributed by atoms with E-state index in [1.165, 1.54) is 58.4 Å². The zero-order valence-electron chi connectivity index (χ0n) is 10.9. The van der Waals surface area contributed by atoms with Gasteiger partial charge >= 0.3 is 0 Å². The Kier molecular flexibility index (Phi) is 4.62. The lowest BCUT2D eigenvalue weighted by molar-refractivity contribution is 0.153. The van der Waals surface area contributed by atoms with E-state index in [2.05, 4.69) is 29.2 Å². The third-order valence-electron chi connectivity index (χ3n) is 3.97. The number of rotatable bonds is 4. The monoisotopic (exact) mass is 225 g/mol. The van der Waals surface area contributed by atoms with Crippen molar-refractivity contribution < 1.29 is 0 Å². The maximum absolute atomic E-state index is 3.60. The van der Waals surface area contributed by atoms with Gasteiger partial charge < -0.3 is 15.1 Å². The Bertz CT molecular complexity index is 191. The first kappa shape index (κ1) is 12.3. The van der Waals surface area contributed by atoms with E-state index in [1.54, 1.807) is 0 Å². The molecule has 1 atom stereocenters. The van der Waals surface area contributed by atoms with Gasteiger partial charge in [-0.1, -0.05) is 0 Å². The van der Waals surface area contributed by atoms with Crippen LogP contribution in [0.4, 0.5) is 0 Å². The molecule has 0 amide bonds. The Balaban J connectivity index is 1.64. The summed E-state index contributed by atoms with van der Waals surface area (Å²) in [6.07, 6.45) is 5.55. The molecule has 2 fully saturated rings. The molecule has 0 unspecified atom stereocenters. The normalized spacial score (nSPS) is 29.1. The molecule has 0 radical (unpaired) electrons. The fourth-order valence-electron chi connectivity index (χ4n) is 3.09. The van der Waals surface area contributed by atoms with Gasteiger partial charge in [0.25, 0.3) is 0 Å². The predicted molar refractivity (Wildman–Crippen MR) is 68.7 cm³/mol. The zero-order valence-corrected chi connectivity index (χ0v) is 10.9. The Morgan fingerprint density at radius 3 is 2.50 bits per heavy atom. The van der Waals surface area contributed by atoms with Crippen molar-refractivity contribution in [3.63, 3.8) is 0 Å². The van der Waals surface area contributed by atoms with Gasteiger partial charge in [-0.3, -0.25) is 0 Å². The predicted octanol–water partition coefficient (Wildman–Crippen LogP) is 1.01. The van der Waals surface area contributed by atoms with Crippen LogP contribution in [0.25, 0.3) is 0 Å². The summed E-state index contributed by atoms with van der Waals surface area (Å²) in [5, 5.41) is 3.60. The van der Waals surface area contributed by atoms with Crippen LogP contribution in [-0.2, 0) is 0 Å². The second kappa shape index (κ2) is 5.99. The van der Waals surface area contributed by atoms with Gasteiger partial charge in [-0.05, 0) is 65.3 Å². The highest BCUT2D eigenvalue weighted by atomic mass is 15.2. The van der Waals surface area contributed by atoms with E-state index in [1.807, 2.05) is 0 Å². The van der Waals surface area contributed by atoms with Crippen LogP contribution in [0.2, 0.25) is 0 Å². The van der Waals surface area contributed by atoms with E-state index < -0.39 is 0 Å². The summed E-state index contributed by atoms with van der Waals surface area (Å²) in [5.74, 6) is 0.933. The summed E-state index contributed by atoms with van der Waals surface area (Å²) in [7, 11) is 4.38. The van der Waals surface area contributed by atoms with Gasteiger partial charge in [0.05, 0.1) is 0 Å². The fraction of sp³-hybridized carbons (Fsp3) is 1.00. The largest absolute Gasteiger partial charge is 0.313 e. The lowest BCUT2D eigenvalue weighted by Crippen LogP contribution is -2.43. The molecule has 2 aliphatic rings. The molecular formula is C13H27N3. The topological polar surface area (TPSA) is 18.5 Å². The van der Waals surface area contributed by atoms with Crippen molar-refractivity contribution in [2.45, 2.75) is 31.7 Å². The van der Waals surface area contributed by atoms with E-state index in [9.17, 15) is 0 Å². The molecule has 0 aromatic carbocycles. The van der Waals surface area contributed by atoms with Crippen LogP contribution in [0.3, 0.4) is 0 Å². The molecule has 0 bridgehead atoms. The number of nitrogens with one attached hydrogen (secondary N) is 1. The van der Waals surface area contributed by atoms with Gasteiger partial charge in [-0.2, -0.15) is 0 Å². The van der Waals surface area contributed by atoms with Crippen LogP contribution in [0.5, 0.6) is 0 Å². The Hall–Kier alpha value is -0.120. The van der Waals surface area contributed by atoms with E-state index in [4.69, 9.17) is 0 Å². The van der Waals surface area contributed by atoms with Gasteiger partial charge in [-0.25, -0.2) is 0 Å². The van der Waals surface area contributed by atoms with Crippen LogP contribution in [0, 0.1) is 5.92 Å². The summed E-state index contributed by atoms with van der Waals surface area (Å²) in [6, 6.07) is 0.783. The van der Waals surface area contributed by atoms with Crippen molar-refractivity contribution in [3.8, 4) is 0 Å². The van der Waals surface area contributed by atoms with Gasteiger partial charge in [0.15, 0.2) is 0 Å². The molecule has 3 heteroatoms. The molecule has 0 saturated carbocycles. The molecule has 0 spiro atoms. The average Bonchev–Trinajstić information content (AvgIpc) is 2.73. The molecular weight excluding hydrogens is 198 g/mol. The van der Waals surface area contributed by atoms with Gasteiger partial charge in [-0.15, -0.1) is 0 Å². The van der Waals surface area contributed by atoms with Crippen molar-refractivity contribution in [2.24, 2.45) is 5.92 Å². The van der Waals surface area contributed by atoms with Crippen molar-refractivity contribution in [3.05, 3.63) is 0 Å². The summed E-state index contributed by atoms with van der Waals surface area (Å²) >= 11 is 0. The van der Waals surface area contributed by atoms with Crippen LogP contribution in [0.1, 0.15) is 25.7 Å². The summed E-state index contributed by atoms with van der Waals surface area (Å²) in [6.45, 7) is 6.43. The van der Waals surface area contributed by atoms with Crippen LogP contribution in [0.15, 0.2) is 0 Å². The second-order valence-corrected chi connectivity index (χ2v) is 5.80. The molecule has 3 nitrogen and oxygen atoms in total. The SMILES string of the molecule is CN(C)CC1CCN(C[C@H]2CCCN2)CC1. The quantitative estimate of drug-likeness (QED) is 0.770. The molecule has 94 valence electrons. The molecule has 0 aromatic heterocycles. The van der Waals surface area contributed by atoms with E-state index >= 15 is 0 Å². The molecule has 2 aliphatic heterocycles. The Labute approximate surface area is 100 Å². The number of piperidine rings is 1. The van der Waals surface area contributed by atoms with Crippen LogP contribution >= 0.6 is 0 Å². The first-order valence-electron chi connectivity index (χ1n) is 6.84. The van der Waals surface area contributed by atoms with Crippen molar-refractivity contribution >= 4 is 0 Å². The molecule has 16 heavy (non-hydrogen) atoms. The minimum absolute atomic E-state index is 0.783. The second-order valence-electron chi connectivity index (χ2n) is 5.80. The standard InChI is InChI=1S/C13H27N3/c1-15(2)10-12-5-8-16(9-6-12)11-13-4-3-7-14-13/h12-14H,3-11H2,1-2H3/t13-/m1/s1. The Morgan fingerprint density at radius 1 is 1.19 bits per heavy atom. The first-order valence-corrected chi connectivity index (χ1v) is 6.84. The minimum Gasteiger partial charge on any atom is -0.313 e. The molecule has 2 heterocycles. The van der Waals surface area contributed by atoms with E-state index in [0.29, 0.717) is 0 Å². The first-order chi connectivity index (χ1) is 7.74. The van der Waals surface area contributed by atoms with E-state index in [-0.39, 0.29) is 0 Å². The van der Waals surface area contributed by atoms with Gasteiger partial charge in [0, 0.05) is 19.1 Å². The maximum Gasteiger partial charge on any atom is 0.0195 e. The molecule has 2 saturated heterocycles. The summed E-state index contributed by atoms with van der Waals surface area (Å²) in [5.41, 5.74) is 0. The number of nitrogens with zero attached hydrogens (tertiary/aromatic N) is 2. The summed E-state index contributed by atoms with van der Waals surface area (Å²) in [4.78, 5) is 4.99. The van der Waals surface area contributed by atoms with Crippen molar-refractivity contribution in [1.29, 1.82) is 0 Å². The third kappa shape index (κ3) is 3.72. The number of hydrogen-bond donors (Lipinski definition) is 1. The molecule has 2 rings (SSSR count). The highest BCUT2D eigenvalue weighted by Gasteiger charge is 2.23. The lowest BCUT2D eigenvalue weighted by atomic mass is 9.96. The highest BCUT2D eigenvalue weighted by molar-refractivity contribution is 4.81. The van der Waals surface area contributed by atoms with Crippen molar-refractivity contribution in [2.75, 3.05) is 46.8 Å². The van der Waals surface area contributed by atoms with Crippen LogP contribution in [-0.4, -0.2) is 62.7 Å². The molecule has 0 aromatic rings. The average molecular weight is 225 g/mol. The van der Waals surface area contributed by atoms with Crippen molar-refractivity contribution in [1.82, 2.24) is 15.1 Å². The summed E-state index contributed by atoms with van der Waals surface area (Å²) < 4.78 is 0. The molecule has 0 aliphatic carbocycles. The smallest absolute Gasteiger partial charge is 0.0195 e. The Morgan fingerprint density at radius 2 is 1.94 bits per heavy atom. The lowest BCUT2D eigenvalue weighted by Gasteiger charge is -2.34. The van der Waals surface area contributed by atoms with E-state index in [0.717, 1.165) is 12.0 Å². The van der Waals surface area contributed by atoms with Gasteiger partial charge in [0.2, 0.25) is 0 Å². The van der Waals surface area contributed by atoms with Gasteiger partial charge in [0.1, 0.15) is 0 Å². The molecule has 1 N–H and O–H groups in total. The number of likely N-dealkylation sites (tertiary alicyclic amines) is 1. The highest BCUT2D eigenvalue weighted by Crippen LogP contribution is 2.18. The van der Waals surface area contributed by atoms with Crippen LogP contribution < -0.4 is 5.32 Å². The zero-order chi connectivity index (χ0) is 11.4. The number of hydrogen-bond acceptors (Lipinski definition) is 3. The fourth-order valence-corrected chi connectivity index (χ4v) is 3.09. The minimum atomic E-state index is 0.783. The maximum atomic E-state index is 3.60.